The minimum atomic E-state index is -4.64. The predicted molar refractivity (Wildman–Crippen MR) is 71.5 cm³/mol. The first kappa shape index (κ1) is 16.7. The van der Waals surface area contributed by atoms with Gasteiger partial charge in [-0.3, -0.25) is 4.79 Å². The van der Waals surface area contributed by atoms with Gasteiger partial charge in [0.15, 0.2) is 6.04 Å². The van der Waals surface area contributed by atoms with Gasteiger partial charge >= 0.3 is 6.18 Å². The van der Waals surface area contributed by atoms with Crippen molar-refractivity contribution in [1.82, 2.24) is 5.32 Å². The second-order valence-corrected chi connectivity index (χ2v) is 5.27. The van der Waals surface area contributed by atoms with Crippen LogP contribution in [0.5, 0.6) is 0 Å². The van der Waals surface area contributed by atoms with Crippen molar-refractivity contribution in [3.05, 3.63) is 35.6 Å². The Kier molecular flexibility index (Phi) is 5.39. The normalized spacial score (nSPS) is 19.9. The molecule has 1 aromatic rings. The molecule has 0 aliphatic carbocycles. The van der Waals surface area contributed by atoms with Crippen LogP contribution >= 0.6 is 0 Å². The lowest BCUT2D eigenvalue weighted by molar-refractivity contribution is -0.163. The Bertz CT molecular complexity index is 495. The molecule has 1 saturated heterocycles. The average Bonchev–Trinajstić information content (AvgIpc) is 2.96. The first-order chi connectivity index (χ1) is 10.4. The second-order valence-electron chi connectivity index (χ2n) is 5.27. The van der Waals surface area contributed by atoms with Crippen molar-refractivity contribution < 1.29 is 27.1 Å². The Morgan fingerprint density at radius 3 is 2.55 bits per heavy atom. The fourth-order valence-corrected chi connectivity index (χ4v) is 2.41. The third kappa shape index (κ3) is 4.69. The predicted octanol–water partition coefficient (Wildman–Crippen LogP) is 3.50. The number of amides is 1. The van der Waals surface area contributed by atoms with Gasteiger partial charge < -0.3 is 10.1 Å². The summed E-state index contributed by atoms with van der Waals surface area (Å²) in [6.45, 7) is 0.632. The maximum atomic E-state index is 13.1. The molecule has 0 saturated carbocycles. The van der Waals surface area contributed by atoms with Gasteiger partial charge in [-0.05, 0) is 37.0 Å². The van der Waals surface area contributed by atoms with Gasteiger partial charge in [-0.1, -0.05) is 12.1 Å². The van der Waals surface area contributed by atoms with E-state index in [1.54, 1.807) is 0 Å². The van der Waals surface area contributed by atoms with E-state index in [0.29, 0.717) is 13.0 Å². The molecule has 122 valence electrons. The largest absolute Gasteiger partial charge is 0.412 e. The molecular weight excluding hydrogens is 302 g/mol. The third-order valence-electron chi connectivity index (χ3n) is 3.55. The number of nitrogens with one attached hydrogen (secondary N) is 1. The van der Waals surface area contributed by atoms with Crippen molar-refractivity contribution in [1.29, 1.82) is 0 Å². The minimum absolute atomic E-state index is 0.0293. The van der Waals surface area contributed by atoms with E-state index in [-0.39, 0.29) is 18.1 Å². The summed E-state index contributed by atoms with van der Waals surface area (Å²) < 4.78 is 57.4. The van der Waals surface area contributed by atoms with E-state index in [0.717, 1.165) is 37.1 Å². The fourth-order valence-electron chi connectivity index (χ4n) is 2.41. The Morgan fingerprint density at radius 1 is 1.32 bits per heavy atom. The van der Waals surface area contributed by atoms with Crippen LogP contribution in [-0.2, 0) is 9.53 Å². The topological polar surface area (TPSA) is 38.3 Å². The molecule has 1 aliphatic rings. The van der Waals surface area contributed by atoms with Crippen molar-refractivity contribution in [3.8, 4) is 0 Å². The monoisotopic (exact) mass is 319 g/mol. The fraction of sp³-hybridized carbons (Fsp3) is 0.533. The molecule has 0 radical (unpaired) electrons. The third-order valence-corrected chi connectivity index (χ3v) is 3.55. The van der Waals surface area contributed by atoms with E-state index in [9.17, 15) is 22.4 Å². The number of rotatable bonds is 5. The molecule has 0 spiro atoms. The minimum Gasteiger partial charge on any atom is -0.378 e. The van der Waals surface area contributed by atoms with Crippen LogP contribution in [0, 0.1) is 5.82 Å². The van der Waals surface area contributed by atoms with Gasteiger partial charge in [0, 0.05) is 13.0 Å². The Labute approximate surface area is 125 Å². The average molecular weight is 319 g/mol. The van der Waals surface area contributed by atoms with E-state index < -0.39 is 23.9 Å². The number of hydrogen-bond donors (Lipinski definition) is 1. The van der Waals surface area contributed by atoms with Gasteiger partial charge in [-0.15, -0.1) is 0 Å². The number of alkyl halides is 3. The van der Waals surface area contributed by atoms with Gasteiger partial charge in [0.2, 0.25) is 5.91 Å². The maximum Gasteiger partial charge on any atom is 0.412 e. The first-order valence-electron chi connectivity index (χ1n) is 7.09. The molecule has 1 aromatic carbocycles. The second kappa shape index (κ2) is 7.09. The zero-order valence-corrected chi connectivity index (χ0v) is 11.8. The van der Waals surface area contributed by atoms with Crippen LogP contribution in [0.2, 0.25) is 0 Å². The number of carbonyl (C=O) groups excluding carboxylic acids is 1. The van der Waals surface area contributed by atoms with E-state index in [1.807, 2.05) is 5.32 Å². The molecule has 0 unspecified atom stereocenters. The maximum absolute atomic E-state index is 13.1. The summed E-state index contributed by atoms with van der Waals surface area (Å²) in [4.78, 5) is 11.8. The smallest absolute Gasteiger partial charge is 0.378 e. The van der Waals surface area contributed by atoms with Crippen molar-refractivity contribution >= 4 is 5.91 Å². The Hall–Kier alpha value is -1.63. The number of halogens is 4. The van der Waals surface area contributed by atoms with E-state index in [1.165, 1.54) is 0 Å². The van der Waals surface area contributed by atoms with Gasteiger partial charge in [0.25, 0.3) is 0 Å². The summed E-state index contributed by atoms with van der Waals surface area (Å²) >= 11 is 0. The highest BCUT2D eigenvalue weighted by molar-refractivity contribution is 5.76. The summed E-state index contributed by atoms with van der Waals surface area (Å²) in [7, 11) is 0. The summed E-state index contributed by atoms with van der Waals surface area (Å²) in [6, 6.07) is 1.78. The van der Waals surface area contributed by atoms with Gasteiger partial charge in [-0.2, -0.15) is 13.2 Å². The van der Waals surface area contributed by atoms with Crippen molar-refractivity contribution in [2.24, 2.45) is 0 Å². The molecular formula is C15H17F4NO2. The molecule has 1 heterocycles. The molecule has 2 atom stereocenters. The Balaban J connectivity index is 1.97. The van der Waals surface area contributed by atoms with Crippen LogP contribution in [0.15, 0.2) is 24.3 Å². The molecule has 0 bridgehead atoms. The molecule has 1 fully saturated rings. The van der Waals surface area contributed by atoms with E-state index >= 15 is 0 Å². The lowest BCUT2D eigenvalue weighted by Crippen LogP contribution is -2.38. The SMILES string of the molecule is O=C(CC[C@@H]1CCCO1)N[C@@H](c1ccc(F)cc1)C(F)(F)F. The number of benzene rings is 1. The summed E-state index contributed by atoms with van der Waals surface area (Å²) in [5.74, 6) is -1.32. The molecule has 2 rings (SSSR count). The van der Waals surface area contributed by atoms with Crippen LogP contribution in [0.1, 0.15) is 37.3 Å². The van der Waals surface area contributed by atoms with Crippen molar-refractivity contribution in [3.63, 3.8) is 0 Å². The standard InChI is InChI=1S/C15H17F4NO2/c16-11-5-3-10(4-6-11)14(15(17,18)19)20-13(21)8-7-12-2-1-9-22-12/h3-6,12,14H,1-2,7-9H2,(H,20,21)/t12-,14-/m0/s1. The highest BCUT2D eigenvalue weighted by atomic mass is 19.4. The quantitative estimate of drug-likeness (QED) is 0.844. The molecule has 1 aliphatic heterocycles. The lowest BCUT2D eigenvalue weighted by atomic mass is 10.1. The summed E-state index contributed by atoms with van der Waals surface area (Å²) in [6.07, 6.45) is -2.59. The van der Waals surface area contributed by atoms with Gasteiger partial charge in [0.1, 0.15) is 5.82 Å². The zero-order chi connectivity index (χ0) is 16.2. The molecule has 1 N–H and O–H groups in total. The van der Waals surface area contributed by atoms with Crippen LogP contribution in [0.25, 0.3) is 0 Å². The van der Waals surface area contributed by atoms with Crippen LogP contribution in [-0.4, -0.2) is 24.8 Å². The van der Waals surface area contributed by atoms with Crippen LogP contribution in [0.4, 0.5) is 17.6 Å². The van der Waals surface area contributed by atoms with Crippen LogP contribution < -0.4 is 5.32 Å². The Morgan fingerprint density at radius 2 is 2.00 bits per heavy atom. The summed E-state index contributed by atoms with van der Waals surface area (Å²) in [5, 5.41) is 1.97. The van der Waals surface area contributed by atoms with Crippen molar-refractivity contribution in [2.45, 2.75) is 44.0 Å². The number of carbonyl (C=O) groups is 1. The van der Waals surface area contributed by atoms with Gasteiger partial charge in [0.05, 0.1) is 6.10 Å². The molecule has 7 heteroatoms. The number of hydrogen-bond acceptors (Lipinski definition) is 2. The zero-order valence-electron chi connectivity index (χ0n) is 11.8. The molecule has 0 aromatic heterocycles. The van der Waals surface area contributed by atoms with Gasteiger partial charge in [-0.25, -0.2) is 4.39 Å². The van der Waals surface area contributed by atoms with Crippen molar-refractivity contribution in [2.75, 3.05) is 6.61 Å². The first-order valence-corrected chi connectivity index (χ1v) is 7.09. The molecule has 1 amide bonds. The molecule has 22 heavy (non-hydrogen) atoms. The summed E-state index contributed by atoms with van der Waals surface area (Å²) in [5.41, 5.74) is -0.195. The number of ether oxygens (including phenoxy) is 1. The highest BCUT2D eigenvalue weighted by Crippen LogP contribution is 2.33. The van der Waals surface area contributed by atoms with E-state index in [2.05, 4.69) is 0 Å². The van der Waals surface area contributed by atoms with E-state index in [4.69, 9.17) is 4.74 Å². The lowest BCUT2D eigenvalue weighted by Gasteiger charge is -2.22. The molecule has 3 nitrogen and oxygen atoms in total. The van der Waals surface area contributed by atoms with Crippen LogP contribution in [0.3, 0.4) is 0 Å². The highest BCUT2D eigenvalue weighted by Gasteiger charge is 2.41.